The van der Waals surface area contributed by atoms with Crippen LogP contribution in [-0.2, 0) is 16.1 Å². The van der Waals surface area contributed by atoms with Crippen LogP contribution in [0, 0.1) is 26.7 Å². The molecule has 34 heavy (non-hydrogen) atoms. The van der Waals surface area contributed by atoms with E-state index in [1.165, 1.54) is 12.8 Å². The van der Waals surface area contributed by atoms with Crippen LogP contribution in [0.15, 0.2) is 17.0 Å². The summed E-state index contributed by atoms with van der Waals surface area (Å²) in [6.07, 6.45) is 2.48. The van der Waals surface area contributed by atoms with E-state index in [0.29, 0.717) is 16.3 Å². The first-order chi connectivity index (χ1) is 15.9. The molecule has 2 aliphatic heterocycles. The fourth-order valence-corrected chi connectivity index (χ4v) is 5.63. The van der Waals surface area contributed by atoms with Crippen molar-refractivity contribution < 1.29 is 19.7 Å². The summed E-state index contributed by atoms with van der Waals surface area (Å²) in [6.45, 7) is 17.5. The quantitative estimate of drug-likeness (QED) is 0.636. The zero-order valence-corrected chi connectivity index (χ0v) is 21.9. The largest absolute Gasteiger partial charge is 0.874 e. The second kappa shape index (κ2) is 8.66. The van der Waals surface area contributed by atoms with Crippen LogP contribution in [0.25, 0.3) is 5.57 Å². The molecule has 1 saturated heterocycles. The van der Waals surface area contributed by atoms with Gasteiger partial charge in [0.05, 0.1) is 17.2 Å². The molecule has 1 aromatic heterocycles. The normalized spacial score (nSPS) is 24.0. The highest BCUT2D eigenvalue weighted by Gasteiger charge is 2.50. The van der Waals surface area contributed by atoms with Gasteiger partial charge in [0.2, 0.25) is 0 Å². The summed E-state index contributed by atoms with van der Waals surface area (Å²) in [5.74, 6) is -1.66. The molecule has 0 aromatic carbocycles. The molecule has 1 aromatic rings. The number of amides is 1. The van der Waals surface area contributed by atoms with E-state index in [1.54, 1.807) is 6.92 Å². The molecule has 0 bridgehead atoms. The van der Waals surface area contributed by atoms with E-state index in [4.69, 9.17) is 0 Å². The molecule has 0 radical (unpaired) electrons. The van der Waals surface area contributed by atoms with Gasteiger partial charge < -0.3 is 9.67 Å². The number of quaternary nitrogens is 1. The Morgan fingerprint density at radius 3 is 2.24 bits per heavy atom. The Labute approximate surface area is 202 Å². The Morgan fingerprint density at radius 2 is 1.71 bits per heavy atom. The Hall–Kier alpha value is -2.42. The predicted molar refractivity (Wildman–Crippen MR) is 129 cm³/mol. The lowest BCUT2D eigenvalue weighted by Crippen LogP contribution is -3.25. The summed E-state index contributed by atoms with van der Waals surface area (Å²) in [4.78, 5) is 26.5. The van der Waals surface area contributed by atoms with Crippen molar-refractivity contribution in [3.05, 3.63) is 39.5 Å². The molecule has 4 rings (SSSR count). The second-order valence-electron chi connectivity index (χ2n) is 11.0. The van der Waals surface area contributed by atoms with Crippen molar-refractivity contribution in [2.45, 2.75) is 73.4 Å². The van der Waals surface area contributed by atoms with Gasteiger partial charge in [-0.25, -0.2) is 20.2 Å². The Bertz CT molecular complexity index is 1100. The van der Waals surface area contributed by atoms with Crippen LogP contribution < -0.4 is 15.5 Å². The van der Waals surface area contributed by atoms with Gasteiger partial charge in [-0.15, -0.1) is 5.76 Å². The number of carbonyl (C=O) groups excluding carboxylic acids is 2. The molecule has 2 unspecified atom stereocenters. The maximum Gasteiger partial charge on any atom is 0.367 e. The number of aromatic nitrogens is 1. The highest BCUT2D eigenvalue weighted by atomic mass is 16.3. The van der Waals surface area contributed by atoms with Crippen LogP contribution in [0.1, 0.15) is 63.1 Å². The molecule has 0 spiro atoms. The van der Waals surface area contributed by atoms with Crippen molar-refractivity contribution in [3.8, 4) is 0 Å². The van der Waals surface area contributed by atoms with Crippen LogP contribution >= 0.6 is 0 Å². The fraction of sp³-hybridized carbons (Fsp3) is 0.615. The van der Waals surface area contributed by atoms with Gasteiger partial charge in [0, 0.05) is 55.8 Å². The van der Waals surface area contributed by atoms with Gasteiger partial charge in [0.15, 0.2) is 5.78 Å². The molecule has 2 atom stereocenters. The first kappa shape index (κ1) is 24.7. The number of nitrogens with zero attached hydrogens (tertiary/aromatic N) is 3. The minimum absolute atomic E-state index is 0.206. The zero-order chi connectivity index (χ0) is 25.1. The summed E-state index contributed by atoms with van der Waals surface area (Å²) in [5.41, 5.74) is 7.71. The Morgan fingerprint density at radius 1 is 1.09 bits per heavy atom. The van der Waals surface area contributed by atoms with Gasteiger partial charge in [0.25, 0.3) is 0 Å². The lowest BCUT2D eigenvalue weighted by atomic mass is 9.73. The van der Waals surface area contributed by atoms with E-state index in [1.807, 2.05) is 34.6 Å². The van der Waals surface area contributed by atoms with Gasteiger partial charge in [0.1, 0.15) is 5.54 Å². The SMILES string of the molecule is CC1=C(C2C(=O)C(c3c(C)c(C)n(CCN(C)N4CCCC4)c3C)=C2[O-])C(=O)[NH+](C(C)(C)C)N1. The number of hydrazine groups is 1. The van der Waals surface area contributed by atoms with E-state index in [0.717, 1.165) is 48.7 Å². The number of allylic oxidation sites excluding steroid dienone is 3. The van der Waals surface area contributed by atoms with E-state index >= 15 is 0 Å². The molecule has 2 N–H and O–H groups in total. The number of rotatable bonds is 6. The maximum absolute atomic E-state index is 13.4. The molecule has 3 heterocycles. The second-order valence-corrected chi connectivity index (χ2v) is 11.0. The summed E-state index contributed by atoms with van der Waals surface area (Å²) in [7, 11) is 2.12. The minimum atomic E-state index is -0.987. The van der Waals surface area contributed by atoms with Crippen molar-refractivity contribution in [1.82, 2.24) is 20.0 Å². The number of carbonyl (C=O) groups is 2. The lowest BCUT2D eigenvalue weighted by Gasteiger charge is -2.37. The summed E-state index contributed by atoms with van der Waals surface area (Å²) < 4.78 is 2.22. The molecule has 1 fully saturated rings. The first-order valence-corrected chi connectivity index (χ1v) is 12.3. The van der Waals surface area contributed by atoms with Crippen molar-refractivity contribution in [2.75, 3.05) is 26.7 Å². The Kier molecular flexibility index (Phi) is 6.29. The molecule has 0 saturated carbocycles. The molecule has 3 aliphatic rings. The molecule has 8 heteroatoms. The predicted octanol–water partition coefficient (Wildman–Crippen LogP) is 0.628. The molecule has 8 nitrogen and oxygen atoms in total. The summed E-state index contributed by atoms with van der Waals surface area (Å²) in [6, 6.07) is 0. The van der Waals surface area contributed by atoms with Crippen molar-refractivity contribution in [1.29, 1.82) is 0 Å². The minimum Gasteiger partial charge on any atom is -0.874 e. The summed E-state index contributed by atoms with van der Waals surface area (Å²) in [5, 5.41) is 18.6. The van der Waals surface area contributed by atoms with Crippen LogP contribution in [0.4, 0.5) is 0 Å². The van der Waals surface area contributed by atoms with E-state index in [-0.39, 0.29) is 28.6 Å². The van der Waals surface area contributed by atoms with Crippen molar-refractivity contribution >= 4 is 17.3 Å². The number of nitrogens with one attached hydrogen (secondary N) is 2. The average molecular weight is 470 g/mol. The molecule has 1 amide bonds. The molecular formula is C26H39N5O3. The summed E-state index contributed by atoms with van der Waals surface area (Å²) >= 11 is 0. The number of hydrogen-bond acceptors (Lipinski definition) is 6. The zero-order valence-electron chi connectivity index (χ0n) is 21.9. The van der Waals surface area contributed by atoms with Crippen LogP contribution in [0.5, 0.6) is 0 Å². The topological polar surface area (TPSA) is 85.1 Å². The van der Waals surface area contributed by atoms with Crippen molar-refractivity contribution in [3.63, 3.8) is 0 Å². The third-order valence-corrected chi connectivity index (χ3v) is 7.80. The van der Waals surface area contributed by atoms with E-state index < -0.39 is 5.92 Å². The van der Waals surface area contributed by atoms with Gasteiger partial charge in [-0.3, -0.25) is 4.79 Å². The number of ketones is 1. The van der Waals surface area contributed by atoms with Gasteiger partial charge in [-0.1, -0.05) is 0 Å². The molecular weight excluding hydrogens is 430 g/mol. The average Bonchev–Trinajstić information content (AvgIpc) is 3.45. The standard InChI is InChI=1S/C26H39N5O3/c1-15-17(3)30(14-13-28(8)29-11-9-10-12-29)18(4)19(15)21-23(32)22(24(21)33)20-16(2)27-31(25(20)34)26(5,6)7/h22,27,32H,9-14H2,1-8H3. The van der Waals surface area contributed by atoms with Crippen molar-refractivity contribution in [2.24, 2.45) is 5.92 Å². The smallest absolute Gasteiger partial charge is 0.367 e. The maximum atomic E-state index is 13.4. The molecule has 1 aliphatic carbocycles. The van der Waals surface area contributed by atoms with E-state index in [9.17, 15) is 14.7 Å². The Balaban J connectivity index is 1.60. The lowest BCUT2D eigenvalue weighted by molar-refractivity contribution is -0.905. The number of Topliss-reactive ketones (excluding diaryl/α,β-unsaturated/α-hetero) is 1. The number of hydrogen-bond donors (Lipinski definition) is 2. The number of likely N-dealkylation sites (N-methyl/N-ethyl adjacent to an activating group) is 1. The third-order valence-electron chi connectivity index (χ3n) is 7.80. The van der Waals surface area contributed by atoms with Crippen LogP contribution in [0.2, 0.25) is 0 Å². The third kappa shape index (κ3) is 3.82. The first-order valence-electron chi connectivity index (χ1n) is 12.3. The highest BCUT2D eigenvalue weighted by molar-refractivity contribution is 6.32. The van der Waals surface area contributed by atoms with Crippen LogP contribution in [-0.4, -0.2) is 58.5 Å². The van der Waals surface area contributed by atoms with Gasteiger partial charge in [-0.05, 0) is 66.9 Å². The highest BCUT2D eigenvalue weighted by Crippen LogP contribution is 2.43. The fourth-order valence-electron chi connectivity index (χ4n) is 5.63. The van der Waals surface area contributed by atoms with Crippen LogP contribution in [0.3, 0.4) is 0 Å². The monoisotopic (exact) mass is 469 g/mol. The van der Waals surface area contributed by atoms with Gasteiger partial charge >= 0.3 is 5.91 Å². The van der Waals surface area contributed by atoms with Gasteiger partial charge in [-0.2, -0.15) is 5.01 Å². The van der Waals surface area contributed by atoms with E-state index in [2.05, 4.69) is 34.0 Å². The molecule has 186 valence electrons.